The second kappa shape index (κ2) is 6.24. The molecule has 0 saturated carbocycles. The van der Waals surface area contributed by atoms with Crippen LogP contribution < -0.4 is 10.2 Å². The Labute approximate surface area is 111 Å². The summed E-state index contributed by atoms with van der Waals surface area (Å²) in [7, 11) is 0. The number of rotatable bonds is 4. The lowest BCUT2D eigenvalue weighted by Crippen LogP contribution is -2.34. The highest BCUT2D eigenvalue weighted by atomic mass is 15.1. The van der Waals surface area contributed by atoms with Gasteiger partial charge in [0.25, 0.3) is 0 Å². The number of hydrogen-bond acceptors (Lipinski definition) is 2. The average molecular weight is 246 g/mol. The van der Waals surface area contributed by atoms with E-state index in [1.807, 2.05) is 0 Å². The largest absolute Gasteiger partial charge is 0.371 e. The first-order valence-electron chi connectivity index (χ1n) is 7.29. The molecule has 0 aromatic heterocycles. The molecular formula is C16H26N2. The zero-order chi connectivity index (χ0) is 13.0. The third-order valence-corrected chi connectivity index (χ3v) is 3.93. The lowest BCUT2D eigenvalue weighted by atomic mass is 9.99. The van der Waals surface area contributed by atoms with Crippen molar-refractivity contribution in [3.05, 3.63) is 29.8 Å². The van der Waals surface area contributed by atoms with Gasteiger partial charge in [0.15, 0.2) is 0 Å². The SMILES string of the molecule is CCNC(C)c1ccc(N2CCCC(C)C2)cc1. The molecule has 100 valence electrons. The monoisotopic (exact) mass is 246 g/mol. The van der Waals surface area contributed by atoms with Gasteiger partial charge in [-0.1, -0.05) is 26.0 Å². The summed E-state index contributed by atoms with van der Waals surface area (Å²) in [4.78, 5) is 2.52. The molecule has 1 aromatic rings. The van der Waals surface area contributed by atoms with Gasteiger partial charge in [-0.25, -0.2) is 0 Å². The lowest BCUT2D eigenvalue weighted by molar-refractivity contribution is 0.447. The van der Waals surface area contributed by atoms with Gasteiger partial charge < -0.3 is 10.2 Å². The van der Waals surface area contributed by atoms with Gasteiger partial charge in [-0.05, 0) is 49.9 Å². The van der Waals surface area contributed by atoms with Crippen LogP contribution in [0.25, 0.3) is 0 Å². The molecule has 0 aliphatic carbocycles. The van der Waals surface area contributed by atoms with E-state index in [1.54, 1.807) is 0 Å². The van der Waals surface area contributed by atoms with Crippen molar-refractivity contribution in [1.82, 2.24) is 5.32 Å². The molecule has 1 aromatic carbocycles. The summed E-state index contributed by atoms with van der Waals surface area (Å²) < 4.78 is 0. The first kappa shape index (κ1) is 13.4. The van der Waals surface area contributed by atoms with Crippen molar-refractivity contribution >= 4 is 5.69 Å². The zero-order valence-electron chi connectivity index (χ0n) is 11.9. The van der Waals surface area contributed by atoms with Gasteiger partial charge in [0.1, 0.15) is 0 Å². The van der Waals surface area contributed by atoms with Crippen LogP contribution in [0.1, 0.15) is 45.2 Å². The molecule has 0 amide bonds. The molecule has 2 heteroatoms. The molecule has 0 spiro atoms. The number of hydrogen-bond donors (Lipinski definition) is 1. The molecule has 1 heterocycles. The van der Waals surface area contributed by atoms with Crippen LogP contribution in [-0.4, -0.2) is 19.6 Å². The first-order valence-corrected chi connectivity index (χ1v) is 7.29. The summed E-state index contributed by atoms with van der Waals surface area (Å²) in [6.07, 6.45) is 2.71. The van der Waals surface area contributed by atoms with Crippen LogP contribution in [0.2, 0.25) is 0 Å². The van der Waals surface area contributed by atoms with E-state index < -0.39 is 0 Å². The van der Waals surface area contributed by atoms with Gasteiger partial charge in [0, 0.05) is 24.8 Å². The lowest BCUT2D eigenvalue weighted by Gasteiger charge is -2.33. The van der Waals surface area contributed by atoms with Crippen molar-refractivity contribution in [2.75, 3.05) is 24.5 Å². The zero-order valence-corrected chi connectivity index (χ0v) is 11.9. The summed E-state index contributed by atoms with van der Waals surface area (Å²) in [5.74, 6) is 0.833. The van der Waals surface area contributed by atoms with Crippen molar-refractivity contribution in [2.45, 2.75) is 39.7 Å². The minimum atomic E-state index is 0.448. The fraction of sp³-hybridized carbons (Fsp3) is 0.625. The van der Waals surface area contributed by atoms with E-state index in [0.717, 1.165) is 12.5 Å². The molecular weight excluding hydrogens is 220 g/mol. The van der Waals surface area contributed by atoms with Crippen molar-refractivity contribution in [1.29, 1.82) is 0 Å². The number of nitrogens with zero attached hydrogens (tertiary/aromatic N) is 1. The molecule has 0 bridgehead atoms. The maximum atomic E-state index is 3.45. The van der Waals surface area contributed by atoms with Crippen molar-refractivity contribution in [2.24, 2.45) is 5.92 Å². The van der Waals surface area contributed by atoms with Crippen LogP contribution in [0.3, 0.4) is 0 Å². The molecule has 1 aliphatic rings. The maximum absolute atomic E-state index is 3.45. The van der Waals surface area contributed by atoms with E-state index >= 15 is 0 Å². The van der Waals surface area contributed by atoms with Crippen LogP contribution >= 0.6 is 0 Å². The van der Waals surface area contributed by atoms with E-state index in [1.165, 1.54) is 37.2 Å². The molecule has 2 rings (SSSR count). The topological polar surface area (TPSA) is 15.3 Å². The third-order valence-electron chi connectivity index (χ3n) is 3.93. The summed E-state index contributed by atoms with van der Waals surface area (Å²) in [5, 5.41) is 3.45. The Hall–Kier alpha value is -1.02. The number of benzene rings is 1. The van der Waals surface area contributed by atoms with Crippen LogP contribution in [0.4, 0.5) is 5.69 Å². The van der Waals surface area contributed by atoms with Crippen LogP contribution in [0.15, 0.2) is 24.3 Å². The normalized spacial score (nSPS) is 21.9. The molecule has 0 radical (unpaired) electrons. The van der Waals surface area contributed by atoms with E-state index in [2.05, 4.69) is 55.3 Å². The molecule has 18 heavy (non-hydrogen) atoms. The number of anilines is 1. The standard InChI is InChI=1S/C16H26N2/c1-4-17-14(3)15-7-9-16(10-8-15)18-11-5-6-13(2)12-18/h7-10,13-14,17H,4-6,11-12H2,1-3H3. The summed E-state index contributed by atoms with van der Waals surface area (Å²) in [6.45, 7) is 10.2. The minimum Gasteiger partial charge on any atom is -0.371 e. The molecule has 1 aliphatic heterocycles. The van der Waals surface area contributed by atoms with Crippen LogP contribution in [0, 0.1) is 5.92 Å². The van der Waals surface area contributed by atoms with Gasteiger partial charge in [-0.3, -0.25) is 0 Å². The fourth-order valence-corrected chi connectivity index (χ4v) is 2.82. The van der Waals surface area contributed by atoms with Gasteiger partial charge in [-0.2, -0.15) is 0 Å². The van der Waals surface area contributed by atoms with Crippen molar-refractivity contribution in [3.63, 3.8) is 0 Å². The maximum Gasteiger partial charge on any atom is 0.0366 e. The Kier molecular flexibility index (Phi) is 4.65. The minimum absolute atomic E-state index is 0.448. The van der Waals surface area contributed by atoms with Gasteiger partial charge in [0.2, 0.25) is 0 Å². The number of nitrogens with one attached hydrogen (secondary N) is 1. The first-order chi connectivity index (χ1) is 8.70. The van der Waals surface area contributed by atoms with E-state index in [9.17, 15) is 0 Å². The van der Waals surface area contributed by atoms with E-state index in [0.29, 0.717) is 6.04 Å². The van der Waals surface area contributed by atoms with Gasteiger partial charge in [-0.15, -0.1) is 0 Å². The second-order valence-electron chi connectivity index (χ2n) is 5.56. The van der Waals surface area contributed by atoms with E-state index in [-0.39, 0.29) is 0 Å². The fourth-order valence-electron chi connectivity index (χ4n) is 2.82. The molecule has 2 atom stereocenters. The Morgan fingerprint density at radius 3 is 2.67 bits per heavy atom. The van der Waals surface area contributed by atoms with Crippen molar-refractivity contribution < 1.29 is 0 Å². The summed E-state index contributed by atoms with van der Waals surface area (Å²) in [5.41, 5.74) is 2.76. The van der Waals surface area contributed by atoms with Crippen LogP contribution in [0.5, 0.6) is 0 Å². The highest BCUT2D eigenvalue weighted by molar-refractivity contribution is 5.48. The Morgan fingerprint density at radius 2 is 2.06 bits per heavy atom. The molecule has 1 fully saturated rings. The van der Waals surface area contributed by atoms with E-state index in [4.69, 9.17) is 0 Å². The highest BCUT2D eigenvalue weighted by Gasteiger charge is 2.16. The van der Waals surface area contributed by atoms with Gasteiger partial charge in [0.05, 0.1) is 0 Å². The van der Waals surface area contributed by atoms with Crippen LogP contribution in [-0.2, 0) is 0 Å². The molecule has 1 N–H and O–H groups in total. The smallest absolute Gasteiger partial charge is 0.0366 e. The Morgan fingerprint density at radius 1 is 1.33 bits per heavy atom. The highest BCUT2D eigenvalue weighted by Crippen LogP contribution is 2.24. The Balaban J connectivity index is 2.02. The van der Waals surface area contributed by atoms with Crippen molar-refractivity contribution in [3.8, 4) is 0 Å². The number of piperidine rings is 1. The van der Waals surface area contributed by atoms with Gasteiger partial charge >= 0.3 is 0 Å². The Bertz CT molecular complexity index is 358. The third kappa shape index (κ3) is 3.26. The average Bonchev–Trinajstić information content (AvgIpc) is 2.39. The summed E-state index contributed by atoms with van der Waals surface area (Å²) >= 11 is 0. The summed E-state index contributed by atoms with van der Waals surface area (Å²) in [6, 6.07) is 9.54. The predicted octanol–water partition coefficient (Wildman–Crippen LogP) is 3.59. The molecule has 2 unspecified atom stereocenters. The molecule has 1 saturated heterocycles. The predicted molar refractivity (Wildman–Crippen MR) is 79.1 cm³/mol. The molecule has 2 nitrogen and oxygen atoms in total. The second-order valence-corrected chi connectivity index (χ2v) is 5.56. The quantitative estimate of drug-likeness (QED) is 0.873.